The number of rotatable bonds is 6. The van der Waals surface area contributed by atoms with Crippen LogP contribution in [0, 0.1) is 0 Å². The SMILES string of the molecule is O=c1cc(OCc2ccccc2)cnn1CCc1ccc2c(c1)CNC2. The Labute approximate surface area is 152 Å². The fraction of sp³-hybridized carbons (Fsp3) is 0.238. The van der Waals surface area contributed by atoms with Gasteiger partial charge in [0.1, 0.15) is 12.4 Å². The molecule has 0 atom stereocenters. The van der Waals surface area contributed by atoms with Crippen molar-refractivity contribution < 1.29 is 4.74 Å². The number of benzene rings is 2. The molecular formula is C21H21N3O2. The van der Waals surface area contributed by atoms with Crippen molar-refractivity contribution in [2.45, 2.75) is 32.7 Å². The van der Waals surface area contributed by atoms with Crippen LogP contribution in [0.15, 0.2) is 65.6 Å². The number of aryl methyl sites for hydroxylation is 2. The molecule has 0 amide bonds. The summed E-state index contributed by atoms with van der Waals surface area (Å²) in [6.45, 7) is 2.86. The molecule has 1 aliphatic rings. The van der Waals surface area contributed by atoms with Gasteiger partial charge in [-0.25, -0.2) is 4.68 Å². The van der Waals surface area contributed by atoms with Gasteiger partial charge >= 0.3 is 0 Å². The van der Waals surface area contributed by atoms with E-state index >= 15 is 0 Å². The van der Waals surface area contributed by atoms with Gasteiger partial charge in [0.25, 0.3) is 5.56 Å². The van der Waals surface area contributed by atoms with E-state index in [4.69, 9.17) is 4.74 Å². The molecule has 0 spiro atoms. The summed E-state index contributed by atoms with van der Waals surface area (Å²) in [4.78, 5) is 12.3. The Morgan fingerprint density at radius 3 is 2.69 bits per heavy atom. The molecule has 4 rings (SSSR count). The first-order chi connectivity index (χ1) is 12.8. The van der Waals surface area contributed by atoms with Crippen molar-refractivity contribution in [1.29, 1.82) is 0 Å². The molecule has 1 aliphatic heterocycles. The van der Waals surface area contributed by atoms with Crippen LogP contribution >= 0.6 is 0 Å². The van der Waals surface area contributed by atoms with Gasteiger partial charge in [0, 0.05) is 25.7 Å². The summed E-state index contributed by atoms with van der Waals surface area (Å²) in [6.07, 6.45) is 2.39. The summed E-state index contributed by atoms with van der Waals surface area (Å²) < 4.78 is 7.15. The van der Waals surface area contributed by atoms with Crippen LogP contribution in [0.5, 0.6) is 5.75 Å². The van der Waals surface area contributed by atoms with Gasteiger partial charge in [-0.2, -0.15) is 5.10 Å². The summed E-state index contributed by atoms with van der Waals surface area (Å²) in [6, 6.07) is 17.9. The maximum absolute atomic E-state index is 12.3. The van der Waals surface area contributed by atoms with Gasteiger partial charge in [0.05, 0.1) is 6.20 Å². The van der Waals surface area contributed by atoms with Crippen molar-refractivity contribution in [2.24, 2.45) is 0 Å². The number of hydrogen-bond acceptors (Lipinski definition) is 4. The van der Waals surface area contributed by atoms with Gasteiger partial charge in [-0.15, -0.1) is 0 Å². The quantitative estimate of drug-likeness (QED) is 0.745. The van der Waals surface area contributed by atoms with Crippen molar-refractivity contribution >= 4 is 0 Å². The average molecular weight is 347 g/mol. The number of nitrogens with zero attached hydrogens (tertiary/aromatic N) is 2. The second-order valence-electron chi connectivity index (χ2n) is 6.48. The van der Waals surface area contributed by atoms with Crippen LogP contribution in [-0.2, 0) is 32.7 Å². The van der Waals surface area contributed by atoms with Gasteiger partial charge in [0.15, 0.2) is 0 Å². The molecule has 2 aromatic carbocycles. The zero-order chi connectivity index (χ0) is 17.8. The van der Waals surface area contributed by atoms with Gasteiger partial charge in [0.2, 0.25) is 0 Å². The highest BCUT2D eigenvalue weighted by molar-refractivity contribution is 5.34. The fourth-order valence-corrected chi connectivity index (χ4v) is 3.14. The molecule has 26 heavy (non-hydrogen) atoms. The Hall–Kier alpha value is -2.92. The Morgan fingerprint density at radius 1 is 1.00 bits per heavy atom. The van der Waals surface area contributed by atoms with E-state index in [2.05, 4.69) is 28.6 Å². The number of hydrogen-bond donors (Lipinski definition) is 1. The lowest BCUT2D eigenvalue weighted by Gasteiger charge is -2.09. The third-order valence-corrected chi connectivity index (χ3v) is 4.61. The van der Waals surface area contributed by atoms with E-state index in [-0.39, 0.29) is 5.56 Å². The Kier molecular flexibility index (Phi) is 4.80. The first kappa shape index (κ1) is 16.5. The lowest BCUT2D eigenvalue weighted by Crippen LogP contribution is -2.23. The minimum atomic E-state index is -0.140. The molecule has 0 unspecified atom stereocenters. The second-order valence-corrected chi connectivity index (χ2v) is 6.48. The Balaban J connectivity index is 1.37. The number of nitrogens with one attached hydrogen (secondary N) is 1. The molecule has 0 aliphatic carbocycles. The molecule has 0 fully saturated rings. The van der Waals surface area contributed by atoms with Crippen molar-refractivity contribution in [1.82, 2.24) is 15.1 Å². The zero-order valence-electron chi connectivity index (χ0n) is 14.5. The highest BCUT2D eigenvalue weighted by Crippen LogP contribution is 2.17. The van der Waals surface area contributed by atoms with Gasteiger partial charge in [-0.3, -0.25) is 4.79 Å². The average Bonchev–Trinajstić information content (AvgIpc) is 3.14. The van der Waals surface area contributed by atoms with E-state index in [0.717, 1.165) is 25.1 Å². The van der Waals surface area contributed by atoms with Crippen molar-refractivity contribution in [2.75, 3.05) is 0 Å². The standard InChI is InChI=1S/C21H21N3O2/c25-21-11-20(26-15-17-4-2-1-3-5-17)14-23-24(21)9-8-16-6-7-18-12-22-13-19(18)10-16/h1-7,10-11,14,22H,8-9,12-13,15H2. The van der Waals surface area contributed by atoms with Gasteiger partial charge in [-0.05, 0) is 28.7 Å². The molecule has 1 N–H and O–H groups in total. The molecule has 0 saturated carbocycles. The van der Waals surface area contributed by atoms with Crippen LogP contribution < -0.4 is 15.6 Å². The maximum atomic E-state index is 12.3. The molecule has 1 aromatic heterocycles. The van der Waals surface area contributed by atoms with Crippen molar-refractivity contribution in [3.05, 3.63) is 93.4 Å². The summed E-state index contributed by atoms with van der Waals surface area (Å²) >= 11 is 0. The summed E-state index contributed by atoms with van der Waals surface area (Å²) in [5, 5.41) is 7.59. The van der Waals surface area contributed by atoms with E-state index in [1.807, 2.05) is 30.3 Å². The minimum absolute atomic E-state index is 0.140. The van der Waals surface area contributed by atoms with Crippen LogP contribution in [0.4, 0.5) is 0 Å². The molecule has 132 valence electrons. The zero-order valence-corrected chi connectivity index (χ0v) is 14.5. The molecular weight excluding hydrogens is 326 g/mol. The highest BCUT2D eigenvalue weighted by atomic mass is 16.5. The van der Waals surface area contributed by atoms with E-state index in [1.165, 1.54) is 27.4 Å². The first-order valence-corrected chi connectivity index (χ1v) is 8.83. The molecule has 2 heterocycles. The maximum Gasteiger partial charge on any atom is 0.270 e. The second kappa shape index (κ2) is 7.54. The topological polar surface area (TPSA) is 56.1 Å². The largest absolute Gasteiger partial charge is 0.487 e. The number of ether oxygens (including phenoxy) is 1. The lowest BCUT2D eigenvalue weighted by molar-refractivity contribution is 0.302. The van der Waals surface area contributed by atoms with E-state index in [9.17, 15) is 4.79 Å². The van der Waals surface area contributed by atoms with Crippen LogP contribution in [0.3, 0.4) is 0 Å². The predicted octanol–water partition coefficient (Wildman–Crippen LogP) is 2.67. The van der Waals surface area contributed by atoms with Crippen LogP contribution in [-0.4, -0.2) is 9.78 Å². The monoisotopic (exact) mass is 347 g/mol. The molecule has 5 heteroatoms. The summed E-state index contributed by atoms with van der Waals surface area (Å²) in [5.74, 6) is 0.499. The van der Waals surface area contributed by atoms with Crippen LogP contribution in [0.25, 0.3) is 0 Å². The highest BCUT2D eigenvalue weighted by Gasteiger charge is 2.10. The molecule has 3 aromatic rings. The normalized spacial score (nSPS) is 12.8. The van der Waals surface area contributed by atoms with Gasteiger partial charge in [-0.1, -0.05) is 48.5 Å². The lowest BCUT2D eigenvalue weighted by atomic mass is 10.0. The van der Waals surface area contributed by atoms with E-state index in [0.29, 0.717) is 18.9 Å². The smallest absolute Gasteiger partial charge is 0.270 e. The van der Waals surface area contributed by atoms with Crippen molar-refractivity contribution in [3.8, 4) is 5.75 Å². The summed E-state index contributed by atoms with van der Waals surface area (Å²) in [7, 11) is 0. The van der Waals surface area contributed by atoms with Crippen LogP contribution in [0.1, 0.15) is 22.3 Å². The van der Waals surface area contributed by atoms with Gasteiger partial charge < -0.3 is 10.1 Å². The predicted molar refractivity (Wildman–Crippen MR) is 100.0 cm³/mol. The molecule has 0 radical (unpaired) electrons. The van der Waals surface area contributed by atoms with E-state index < -0.39 is 0 Å². The summed E-state index contributed by atoms with van der Waals surface area (Å²) in [5.41, 5.74) is 4.86. The number of aromatic nitrogens is 2. The Morgan fingerprint density at radius 2 is 1.85 bits per heavy atom. The third kappa shape index (κ3) is 3.83. The Bertz CT molecular complexity index is 951. The van der Waals surface area contributed by atoms with Crippen molar-refractivity contribution in [3.63, 3.8) is 0 Å². The molecule has 0 bridgehead atoms. The minimum Gasteiger partial charge on any atom is -0.487 e. The fourth-order valence-electron chi connectivity index (χ4n) is 3.14. The molecule has 5 nitrogen and oxygen atoms in total. The third-order valence-electron chi connectivity index (χ3n) is 4.61. The van der Waals surface area contributed by atoms with E-state index in [1.54, 1.807) is 6.20 Å². The number of fused-ring (bicyclic) bond motifs is 1. The van der Waals surface area contributed by atoms with Crippen LogP contribution in [0.2, 0.25) is 0 Å². The molecule has 0 saturated heterocycles. The first-order valence-electron chi connectivity index (χ1n) is 8.83.